The number of aliphatic hydroxyl groups is 11. The second kappa shape index (κ2) is 61.4. The van der Waals surface area contributed by atoms with Gasteiger partial charge in [-0.2, -0.15) is 0 Å². The molecule has 17 atom stereocenters. The van der Waals surface area contributed by atoms with Gasteiger partial charge in [-0.1, -0.05) is 270 Å². The summed E-state index contributed by atoms with van der Waals surface area (Å²) < 4.78 is 34.4. The number of carbonyl (C=O) groups excluding carboxylic acids is 1. The summed E-state index contributed by atoms with van der Waals surface area (Å²) in [5.41, 5.74) is 0. The van der Waals surface area contributed by atoms with Crippen LogP contribution in [0.3, 0.4) is 0 Å². The van der Waals surface area contributed by atoms with Crippen molar-refractivity contribution in [2.45, 2.75) is 362 Å². The van der Waals surface area contributed by atoms with E-state index in [4.69, 9.17) is 28.4 Å². The Hall–Kier alpha value is -3.81. The number of hydrogen-bond donors (Lipinski definition) is 12. The van der Waals surface area contributed by atoms with Crippen LogP contribution in [0, 0.1) is 0 Å². The van der Waals surface area contributed by atoms with Crippen molar-refractivity contribution in [3.63, 3.8) is 0 Å². The van der Waals surface area contributed by atoms with Crippen LogP contribution in [0.1, 0.15) is 258 Å². The first-order chi connectivity index (χ1) is 49.3. The summed E-state index contributed by atoms with van der Waals surface area (Å²) in [6.07, 6.45) is 58.9. The lowest BCUT2D eigenvalue weighted by molar-refractivity contribution is -0.379. The molecule has 0 radical (unpaired) electrons. The normalized spacial score (nSPS) is 27.0. The molecule has 0 aliphatic carbocycles. The molecule has 1 amide bonds. The number of unbranched alkanes of at least 4 members (excludes halogenated alkanes) is 26. The third kappa shape index (κ3) is 41.6. The van der Waals surface area contributed by atoms with Gasteiger partial charge in [-0.25, -0.2) is 0 Å². The Balaban J connectivity index is 1.42. The molecule has 12 N–H and O–H groups in total. The highest BCUT2D eigenvalue weighted by atomic mass is 16.8. The highest BCUT2D eigenvalue weighted by molar-refractivity contribution is 5.76. The van der Waals surface area contributed by atoms with E-state index in [0.717, 1.165) is 116 Å². The third-order valence-electron chi connectivity index (χ3n) is 18.7. The van der Waals surface area contributed by atoms with Crippen LogP contribution in [0.4, 0.5) is 0 Å². The zero-order chi connectivity index (χ0) is 73.2. The second-order valence-corrected chi connectivity index (χ2v) is 27.4. The lowest BCUT2D eigenvalue weighted by Gasteiger charge is -2.48. The molecular weight excluding hydrogens is 1290 g/mol. The van der Waals surface area contributed by atoms with E-state index in [1.165, 1.54) is 109 Å². The highest BCUT2D eigenvalue weighted by Crippen LogP contribution is 2.33. The van der Waals surface area contributed by atoms with Crippen molar-refractivity contribution < 1.29 is 89.4 Å². The molecule has 0 aromatic carbocycles. The summed E-state index contributed by atoms with van der Waals surface area (Å²) in [5, 5.41) is 121. The predicted octanol–water partition coefficient (Wildman–Crippen LogP) is 12.7. The van der Waals surface area contributed by atoms with E-state index >= 15 is 0 Å². The van der Waals surface area contributed by atoms with Crippen molar-refractivity contribution >= 4 is 5.91 Å². The molecule has 19 heteroatoms. The standard InChI is InChI=1S/C82H139NO18/c1-3-5-7-9-11-13-15-17-19-21-23-25-27-29-31-32-34-36-38-40-42-44-46-48-50-52-54-56-58-60-70(88)83-65(66(87)59-57-55-53-51-49-47-45-43-41-39-37-35-33-30-28-26-24-22-20-18-16-14-12-10-8-6-4-2)64-96-80-76(94)73(91)78(68(62-85)98-80)101-82-77(95)74(92)79(69(63-86)99-82)100-81-75(93)72(90)71(89)67(61-84)97-81/h5,7,11,13,17,19,23,25,29,31,34,36,40-43,49,51,57,59,65-69,71-82,84-87,89-95H,3-4,6,8-10,12,14-16,18,20-22,24,26-28,30,32-33,35,37-39,44-48,50,52-56,58,60-64H2,1-2H3,(H,83,88)/b7-5-,13-11-,19-17-,25-23-,31-29-,36-34-,42-40-,43-41+,51-49+,59-57+. The molecule has 17 unspecified atom stereocenters. The van der Waals surface area contributed by atoms with Crippen molar-refractivity contribution in [2.75, 3.05) is 26.4 Å². The van der Waals surface area contributed by atoms with E-state index < -0.39 is 124 Å². The predicted molar refractivity (Wildman–Crippen MR) is 401 cm³/mol. The Morgan fingerprint density at radius 1 is 0.366 bits per heavy atom. The monoisotopic (exact) mass is 1430 g/mol. The van der Waals surface area contributed by atoms with Gasteiger partial charge in [0, 0.05) is 6.42 Å². The van der Waals surface area contributed by atoms with Gasteiger partial charge in [-0.3, -0.25) is 4.79 Å². The van der Waals surface area contributed by atoms with Crippen LogP contribution < -0.4 is 5.32 Å². The van der Waals surface area contributed by atoms with E-state index in [2.05, 4.69) is 129 Å². The average molecular weight is 1430 g/mol. The van der Waals surface area contributed by atoms with Crippen molar-refractivity contribution in [3.8, 4) is 0 Å². The Kier molecular flexibility index (Phi) is 55.5. The fraction of sp³-hybridized carbons (Fsp3) is 0.744. The van der Waals surface area contributed by atoms with E-state index in [-0.39, 0.29) is 18.9 Å². The average Bonchev–Trinajstić information content (AvgIpc) is 0.796. The summed E-state index contributed by atoms with van der Waals surface area (Å²) in [6.45, 7) is 1.59. The van der Waals surface area contributed by atoms with Crippen LogP contribution in [0.2, 0.25) is 0 Å². The third-order valence-corrected chi connectivity index (χ3v) is 18.7. The molecule has 101 heavy (non-hydrogen) atoms. The highest BCUT2D eigenvalue weighted by Gasteiger charge is 2.53. The zero-order valence-electron chi connectivity index (χ0n) is 61.8. The van der Waals surface area contributed by atoms with Gasteiger partial charge in [0.1, 0.15) is 73.2 Å². The van der Waals surface area contributed by atoms with E-state index in [0.29, 0.717) is 12.8 Å². The number of nitrogens with one attached hydrogen (secondary N) is 1. The Bertz CT molecular complexity index is 2300. The van der Waals surface area contributed by atoms with Gasteiger partial charge in [0.25, 0.3) is 0 Å². The molecule has 3 aliphatic heterocycles. The van der Waals surface area contributed by atoms with E-state index in [9.17, 15) is 61.0 Å². The van der Waals surface area contributed by atoms with Crippen molar-refractivity contribution in [1.82, 2.24) is 5.32 Å². The van der Waals surface area contributed by atoms with Gasteiger partial charge < -0.3 is 89.9 Å². The Morgan fingerprint density at radius 2 is 0.693 bits per heavy atom. The molecule has 0 aromatic rings. The fourth-order valence-corrected chi connectivity index (χ4v) is 12.4. The minimum Gasteiger partial charge on any atom is -0.394 e. The molecule has 3 saturated heterocycles. The molecule has 3 heterocycles. The molecule has 580 valence electrons. The quantitative estimate of drug-likeness (QED) is 0.0199. The molecule has 0 aromatic heterocycles. The van der Waals surface area contributed by atoms with Crippen LogP contribution in [0.15, 0.2) is 122 Å². The topological polar surface area (TPSA) is 307 Å². The van der Waals surface area contributed by atoms with Crippen LogP contribution in [0.25, 0.3) is 0 Å². The van der Waals surface area contributed by atoms with Gasteiger partial charge in [0.05, 0.1) is 38.6 Å². The van der Waals surface area contributed by atoms with Crippen LogP contribution in [-0.4, -0.2) is 193 Å². The summed E-state index contributed by atoms with van der Waals surface area (Å²) >= 11 is 0. The van der Waals surface area contributed by atoms with Gasteiger partial charge in [-0.15, -0.1) is 0 Å². The molecular formula is C82H139NO18. The molecule has 19 nitrogen and oxygen atoms in total. The minimum absolute atomic E-state index is 0.211. The summed E-state index contributed by atoms with van der Waals surface area (Å²) in [5.74, 6) is -0.304. The number of aliphatic hydroxyl groups excluding tert-OH is 11. The number of ether oxygens (including phenoxy) is 6. The lowest BCUT2D eigenvalue weighted by Crippen LogP contribution is -2.66. The van der Waals surface area contributed by atoms with Gasteiger partial charge >= 0.3 is 0 Å². The molecule has 0 bridgehead atoms. The number of hydrogen-bond acceptors (Lipinski definition) is 18. The first kappa shape index (κ1) is 91.4. The Morgan fingerprint density at radius 3 is 1.11 bits per heavy atom. The second-order valence-electron chi connectivity index (χ2n) is 27.4. The van der Waals surface area contributed by atoms with Crippen LogP contribution >= 0.6 is 0 Å². The number of allylic oxidation sites excluding steroid dienone is 19. The maximum atomic E-state index is 13.5. The molecule has 3 aliphatic rings. The first-order valence-corrected chi connectivity index (χ1v) is 39.3. The van der Waals surface area contributed by atoms with Gasteiger partial charge in [0.2, 0.25) is 5.91 Å². The molecule has 3 fully saturated rings. The molecule has 0 saturated carbocycles. The maximum absolute atomic E-state index is 13.5. The lowest BCUT2D eigenvalue weighted by atomic mass is 9.96. The molecule has 0 spiro atoms. The largest absolute Gasteiger partial charge is 0.394 e. The Labute approximate surface area is 608 Å². The van der Waals surface area contributed by atoms with E-state index in [1.807, 2.05) is 6.08 Å². The number of rotatable bonds is 60. The van der Waals surface area contributed by atoms with Crippen molar-refractivity contribution in [2.24, 2.45) is 0 Å². The van der Waals surface area contributed by atoms with Gasteiger partial charge in [0.15, 0.2) is 18.9 Å². The first-order valence-electron chi connectivity index (χ1n) is 39.3. The van der Waals surface area contributed by atoms with Crippen LogP contribution in [0.5, 0.6) is 0 Å². The maximum Gasteiger partial charge on any atom is 0.220 e. The van der Waals surface area contributed by atoms with Crippen LogP contribution in [-0.2, 0) is 33.2 Å². The molecule has 3 rings (SSSR count). The number of amides is 1. The smallest absolute Gasteiger partial charge is 0.220 e. The van der Waals surface area contributed by atoms with Crippen molar-refractivity contribution in [3.05, 3.63) is 122 Å². The SMILES string of the molecule is CC/C=C\C/C=C\C/C=C\C/C=C\C/C=C\C/C=C\C/C=C\CCCCCCCCCC(=O)NC(COC1OC(CO)C(OC2OC(CO)C(OC3OC(CO)C(O)C(O)C3O)C(O)C2O)C(O)C1O)C(O)/C=C/CC/C=C/CC/C=C/CCCCCCCCCCCCCCCCCCC. The minimum atomic E-state index is -1.99. The zero-order valence-corrected chi connectivity index (χ0v) is 61.8. The van der Waals surface area contributed by atoms with Crippen molar-refractivity contribution in [1.29, 1.82) is 0 Å². The van der Waals surface area contributed by atoms with E-state index in [1.54, 1.807) is 6.08 Å². The summed E-state index contributed by atoms with van der Waals surface area (Å²) in [6, 6.07) is -1.01. The van der Waals surface area contributed by atoms with Gasteiger partial charge in [-0.05, 0) is 103 Å². The summed E-state index contributed by atoms with van der Waals surface area (Å²) in [4.78, 5) is 13.5. The number of carbonyl (C=O) groups is 1. The summed E-state index contributed by atoms with van der Waals surface area (Å²) in [7, 11) is 0. The fourth-order valence-electron chi connectivity index (χ4n) is 12.4.